The highest BCUT2D eigenvalue weighted by atomic mass is 32.1. The first-order chi connectivity index (χ1) is 14.3. The van der Waals surface area contributed by atoms with Gasteiger partial charge in [-0.05, 0) is 24.3 Å². The highest BCUT2D eigenvalue weighted by Crippen LogP contribution is 2.25. The lowest BCUT2D eigenvalue weighted by Crippen LogP contribution is -2.41. The number of hydrogen-bond donors (Lipinski definition) is 2. The third kappa shape index (κ3) is 5.66. The lowest BCUT2D eigenvalue weighted by Gasteiger charge is -2.28. The van der Waals surface area contributed by atoms with Crippen LogP contribution in [0.25, 0.3) is 0 Å². The number of aromatic nitrogens is 1. The molecule has 0 atom stereocenters. The zero-order valence-corrected chi connectivity index (χ0v) is 17.2. The van der Waals surface area contributed by atoms with Crippen molar-refractivity contribution in [3.63, 3.8) is 0 Å². The Balaban J connectivity index is 1.25. The lowest BCUT2D eigenvalue weighted by molar-refractivity contribution is 0.0383. The average molecular weight is 418 g/mol. The van der Waals surface area contributed by atoms with Crippen LogP contribution in [0.15, 0.2) is 30.5 Å². The number of rotatable bonds is 7. The Morgan fingerprint density at radius 1 is 1.03 bits per heavy atom. The van der Waals surface area contributed by atoms with E-state index in [0.29, 0.717) is 16.6 Å². The van der Waals surface area contributed by atoms with E-state index in [1.165, 1.54) is 17.0 Å². The van der Waals surface area contributed by atoms with E-state index in [0.717, 1.165) is 64.8 Å². The van der Waals surface area contributed by atoms with Gasteiger partial charge in [-0.15, -0.1) is 0 Å². The van der Waals surface area contributed by atoms with Crippen LogP contribution < -0.4 is 15.5 Å². The van der Waals surface area contributed by atoms with Crippen LogP contribution in [0.4, 0.5) is 16.5 Å². The number of ether oxygens (including phenoxy) is 2. The number of benzene rings is 1. The number of amides is 1. The summed E-state index contributed by atoms with van der Waals surface area (Å²) < 4.78 is 10.7. The predicted molar refractivity (Wildman–Crippen MR) is 114 cm³/mol. The summed E-state index contributed by atoms with van der Waals surface area (Å²) in [6.07, 6.45) is 1.62. The minimum Gasteiger partial charge on any atom is -0.379 e. The lowest BCUT2D eigenvalue weighted by atomic mass is 10.2. The fourth-order valence-corrected chi connectivity index (χ4v) is 4.13. The van der Waals surface area contributed by atoms with E-state index in [2.05, 4.69) is 37.6 Å². The number of morpholine rings is 2. The molecule has 0 spiro atoms. The summed E-state index contributed by atoms with van der Waals surface area (Å²) in [7, 11) is 0. The third-order valence-corrected chi connectivity index (χ3v) is 5.95. The second kappa shape index (κ2) is 10.0. The van der Waals surface area contributed by atoms with Crippen LogP contribution >= 0.6 is 11.3 Å². The number of anilines is 3. The van der Waals surface area contributed by atoms with E-state index in [9.17, 15) is 4.79 Å². The Bertz CT molecular complexity index is 786. The molecule has 2 aliphatic heterocycles. The van der Waals surface area contributed by atoms with Crippen molar-refractivity contribution >= 4 is 33.8 Å². The van der Waals surface area contributed by atoms with Crippen molar-refractivity contribution in [3.05, 3.63) is 35.3 Å². The van der Waals surface area contributed by atoms with Crippen LogP contribution in [-0.4, -0.2) is 81.5 Å². The maximum Gasteiger partial charge on any atom is 0.263 e. The molecule has 0 bridgehead atoms. The highest BCUT2D eigenvalue weighted by Gasteiger charge is 2.14. The third-order valence-electron chi connectivity index (χ3n) is 5.04. The fourth-order valence-electron chi connectivity index (χ4n) is 3.38. The number of hydrogen-bond acceptors (Lipinski definition) is 8. The Morgan fingerprint density at radius 3 is 2.45 bits per heavy atom. The van der Waals surface area contributed by atoms with Gasteiger partial charge >= 0.3 is 0 Å². The van der Waals surface area contributed by atoms with Crippen molar-refractivity contribution in [1.29, 1.82) is 0 Å². The van der Waals surface area contributed by atoms with Gasteiger partial charge in [-0.25, -0.2) is 4.98 Å². The number of nitrogens with zero attached hydrogens (tertiary/aromatic N) is 3. The summed E-state index contributed by atoms with van der Waals surface area (Å²) in [5.74, 6) is -0.0773. The van der Waals surface area contributed by atoms with Gasteiger partial charge in [-0.3, -0.25) is 9.69 Å². The first-order valence-electron chi connectivity index (χ1n) is 10.0. The van der Waals surface area contributed by atoms with Crippen LogP contribution in [0.5, 0.6) is 0 Å². The van der Waals surface area contributed by atoms with E-state index in [1.807, 2.05) is 12.1 Å². The average Bonchev–Trinajstić information content (AvgIpc) is 3.24. The van der Waals surface area contributed by atoms with E-state index < -0.39 is 0 Å². The molecule has 156 valence electrons. The monoisotopic (exact) mass is 417 g/mol. The molecule has 2 fully saturated rings. The Hall–Kier alpha value is -2.20. The van der Waals surface area contributed by atoms with Gasteiger partial charge in [-0.1, -0.05) is 11.3 Å². The van der Waals surface area contributed by atoms with Gasteiger partial charge in [0, 0.05) is 50.6 Å². The number of nitrogens with one attached hydrogen (secondary N) is 2. The molecular weight excluding hydrogens is 390 g/mol. The minimum absolute atomic E-state index is 0.0773. The Morgan fingerprint density at radius 2 is 1.72 bits per heavy atom. The van der Waals surface area contributed by atoms with Crippen LogP contribution in [0, 0.1) is 0 Å². The van der Waals surface area contributed by atoms with Crippen molar-refractivity contribution in [3.8, 4) is 0 Å². The number of carbonyl (C=O) groups excluding carboxylic acids is 1. The molecule has 2 saturated heterocycles. The predicted octanol–water partition coefficient (Wildman–Crippen LogP) is 1.79. The Kier molecular flexibility index (Phi) is 6.94. The molecule has 1 aromatic heterocycles. The van der Waals surface area contributed by atoms with E-state index in [-0.39, 0.29) is 5.91 Å². The van der Waals surface area contributed by atoms with Gasteiger partial charge in [0.25, 0.3) is 5.91 Å². The van der Waals surface area contributed by atoms with Crippen molar-refractivity contribution in [2.45, 2.75) is 0 Å². The molecule has 4 rings (SSSR count). The van der Waals surface area contributed by atoms with E-state index >= 15 is 0 Å². The van der Waals surface area contributed by atoms with Gasteiger partial charge < -0.3 is 25.0 Å². The van der Waals surface area contributed by atoms with E-state index in [1.54, 1.807) is 6.20 Å². The molecule has 2 aliphatic rings. The first kappa shape index (κ1) is 20.1. The van der Waals surface area contributed by atoms with Gasteiger partial charge in [0.05, 0.1) is 32.6 Å². The Labute approximate surface area is 174 Å². The van der Waals surface area contributed by atoms with Crippen LogP contribution in [0.1, 0.15) is 9.67 Å². The number of thiazole rings is 1. The first-order valence-corrected chi connectivity index (χ1v) is 10.8. The zero-order valence-electron chi connectivity index (χ0n) is 16.4. The summed E-state index contributed by atoms with van der Waals surface area (Å²) in [6.45, 7) is 8.25. The smallest absolute Gasteiger partial charge is 0.263 e. The second-order valence-electron chi connectivity index (χ2n) is 7.01. The van der Waals surface area contributed by atoms with Crippen molar-refractivity contribution in [1.82, 2.24) is 15.2 Å². The summed E-state index contributed by atoms with van der Waals surface area (Å²) in [6, 6.07) is 8.27. The quantitative estimate of drug-likeness (QED) is 0.711. The van der Waals surface area contributed by atoms with Crippen LogP contribution in [-0.2, 0) is 9.47 Å². The minimum atomic E-state index is -0.0773. The molecular formula is C20H27N5O3S. The summed E-state index contributed by atoms with van der Waals surface area (Å²) >= 11 is 1.36. The molecule has 0 radical (unpaired) electrons. The topological polar surface area (TPSA) is 79.0 Å². The largest absolute Gasteiger partial charge is 0.379 e. The maximum absolute atomic E-state index is 12.3. The van der Waals surface area contributed by atoms with E-state index in [4.69, 9.17) is 9.47 Å². The molecule has 2 N–H and O–H groups in total. The summed E-state index contributed by atoms with van der Waals surface area (Å²) in [5, 5.41) is 6.96. The van der Waals surface area contributed by atoms with Gasteiger partial charge in [0.2, 0.25) is 0 Å². The maximum atomic E-state index is 12.3. The molecule has 3 heterocycles. The number of carbonyl (C=O) groups is 1. The molecule has 8 nitrogen and oxygen atoms in total. The molecule has 0 aliphatic carbocycles. The van der Waals surface area contributed by atoms with Crippen LogP contribution in [0.3, 0.4) is 0 Å². The SMILES string of the molecule is O=C(NCCN1CCOCC1)c1cnc(Nc2ccc(N3CCOCC3)cc2)s1. The summed E-state index contributed by atoms with van der Waals surface area (Å²) in [4.78, 5) is 21.9. The molecule has 1 amide bonds. The van der Waals surface area contributed by atoms with Crippen molar-refractivity contribution < 1.29 is 14.3 Å². The standard InChI is InChI=1S/C20H27N5O3S/c26-19(21-5-6-24-7-11-27-12-8-24)18-15-22-20(29-18)23-16-1-3-17(4-2-16)25-9-13-28-14-10-25/h1-4,15H,5-14H2,(H,21,26)(H,22,23). The summed E-state index contributed by atoms with van der Waals surface area (Å²) in [5.41, 5.74) is 2.15. The van der Waals surface area contributed by atoms with Crippen molar-refractivity contribution in [2.24, 2.45) is 0 Å². The molecule has 1 aromatic carbocycles. The van der Waals surface area contributed by atoms with Gasteiger partial charge in [0.15, 0.2) is 5.13 Å². The molecule has 9 heteroatoms. The highest BCUT2D eigenvalue weighted by molar-refractivity contribution is 7.17. The van der Waals surface area contributed by atoms with Gasteiger partial charge in [0.1, 0.15) is 4.88 Å². The molecule has 0 unspecified atom stereocenters. The van der Waals surface area contributed by atoms with Gasteiger partial charge in [-0.2, -0.15) is 0 Å². The fraction of sp³-hybridized carbons (Fsp3) is 0.500. The normalized spacial score (nSPS) is 17.9. The van der Waals surface area contributed by atoms with Crippen molar-refractivity contribution in [2.75, 3.05) is 75.9 Å². The molecule has 29 heavy (non-hydrogen) atoms. The zero-order chi connectivity index (χ0) is 19.9. The second-order valence-corrected chi connectivity index (χ2v) is 8.04. The molecule has 2 aromatic rings. The molecule has 0 saturated carbocycles. The van der Waals surface area contributed by atoms with Crippen LogP contribution in [0.2, 0.25) is 0 Å².